The molecule has 18 heavy (non-hydrogen) atoms. The van der Waals surface area contributed by atoms with Crippen molar-refractivity contribution in [3.63, 3.8) is 0 Å². The summed E-state index contributed by atoms with van der Waals surface area (Å²) in [5.74, 6) is 0.380. The minimum atomic E-state index is 0.0119. The van der Waals surface area contributed by atoms with Crippen molar-refractivity contribution in [3.8, 4) is 0 Å². The predicted octanol–water partition coefficient (Wildman–Crippen LogP) is 3.40. The van der Waals surface area contributed by atoms with Gasteiger partial charge in [-0.15, -0.1) is 23.1 Å². The van der Waals surface area contributed by atoms with E-state index in [0.29, 0.717) is 5.84 Å². The Hall–Kier alpha value is -1.30. The molecule has 5 heteroatoms. The zero-order valence-electron chi connectivity index (χ0n) is 9.93. The Labute approximate surface area is 114 Å². The molecule has 0 saturated heterocycles. The van der Waals surface area contributed by atoms with Crippen molar-refractivity contribution in [2.45, 2.75) is 11.5 Å². The third-order valence-electron chi connectivity index (χ3n) is 2.49. The summed E-state index contributed by atoms with van der Waals surface area (Å²) in [6.07, 6.45) is 1.98. The molecule has 2 aromatic rings. The molecule has 0 atom stereocenters. The van der Waals surface area contributed by atoms with Gasteiger partial charge in [0, 0.05) is 10.6 Å². The molecule has 2 rings (SSSR count). The number of aliphatic hydroxyl groups excluding tert-OH is 1. The number of thiophene rings is 1. The minimum Gasteiger partial charge on any atom is -0.392 e. The minimum absolute atomic E-state index is 0.0119. The van der Waals surface area contributed by atoms with E-state index in [1.54, 1.807) is 11.8 Å². The monoisotopic (exact) mass is 278 g/mol. The summed E-state index contributed by atoms with van der Waals surface area (Å²) in [5.41, 5.74) is 1.71. The zero-order chi connectivity index (χ0) is 13.0. The molecular weight excluding hydrogens is 264 g/mol. The molecule has 0 spiro atoms. The van der Waals surface area contributed by atoms with E-state index < -0.39 is 0 Å². The second-order valence-corrected chi connectivity index (χ2v) is 5.46. The van der Waals surface area contributed by atoms with Crippen LogP contribution in [0.15, 0.2) is 40.6 Å². The maximum absolute atomic E-state index is 9.30. The first kappa shape index (κ1) is 13.1. The van der Waals surface area contributed by atoms with Crippen LogP contribution < -0.4 is 5.32 Å². The van der Waals surface area contributed by atoms with Gasteiger partial charge in [0.1, 0.15) is 5.84 Å². The molecular formula is C13H14N2OS2. The van der Waals surface area contributed by atoms with E-state index in [2.05, 4.69) is 5.32 Å². The summed E-state index contributed by atoms with van der Waals surface area (Å²) in [6.45, 7) is 0.0119. The van der Waals surface area contributed by atoms with Gasteiger partial charge < -0.3 is 10.4 Å². The van der Waals surface area contributed by atoms with Crippen molar-refractivity contribution in [2.75, 3.05) is 11.6 Å². The summed E-state index contributed by atoms with van der Waals surface area (Å²) in [6, 6.07) is 9.59. The van der Waals surface area contributed by atoms with Gasteiger partial charge in [-0.3, -0.25) is 5.41 Å². The van der Waals surface area contributed by atoms with E-state index in [1.165, 1.54) is 11.3 Å². The van der Waals surface area contributed by atoms with Crippen LogP contribution >= 0.6 is 23.1 Å². The number of rotatable bonds is 4. The van der Waals surface area contributed by atoms with Gasteiger partial charge in [-0.1, -0.05) is 6.07 Å². The fourth-order valence-electron chi connectivity index (χ4n) is 1.61. The van der Waals surface area contributed by atoms with Crippen LogP contribution in [0.4, 0.5) is 5.69 Å². The van der Waals surface area contributed by atoms with E-state index >= 15 is 0 Å². The van der Waals surface area contributed by atoms with Crippen molar-refractivity contribution in [1.82, 2.24) is 0 Å². The van der Waals surface area contributed by atoms with Gasteiger partial charge in [0.15, 0.2) is 0 Å². The first-order valence-electron chi connectivity index (χ1n) is 5.42. The topological polar surface area (TPSA) is 56.1 Å². The molecule has 3 N–H and O–H groups in total. The van der Waals surface area contributed by atoms with E-state index in [9.17, 15) is 5.11 Å². The fourth-order valence-corrected chi connectivity index (χ4v) is 2.83. The SMILES string of the molecule is CSc1ccc(NC(=N)c2cccs2)cc1CO. The lowest BCUT2D eigenvalue weighted by molar-refractivity contribution is 0.279. The Kier molecular flexibility index (Phi) is 4.41. The van der Waals surface area contributed by atoms with Crippen molar-refractivity contribution < 1.29 is 5.11 Å². The van der Waals surface area contributed by atoms with Gasteiger partial charge in [-0.2, -0.15) is 0 Å². The summed E-state index contributed by atoms with van der Waals surface area (Å²) in [4.78, 5) is 1.96. The van der Waals surface area contributed by atoms with E-state index in [-0.39, 0.29) is 6.61 Å². The lowest BCUT2D eigenvalue weighted by Crippen LogP contribution is -2.10. The first-order valence-corrected chi connectivity index (χ1v) is 7.52. The maximum Gasteiger partial charge on any atom is 0.140 e. The molecule has 0 aliphatic rings. The summed E-state index contributed by atoms with van der Waals surface area (Å²) < 4.78 is 0. The smallest absolute Gasteiger partial charge is 0.140 e. The van der Waals surface area contributed by atoms with Gasteiger partial charge >= 0.3 is 0 Å². The van der Waals surface area contributed by atoms with Crippen molar-refractivity contribution in [1.29, 1.82) is 5.41 Å². The number of hydrogen-bond acceptors (Lipinski definition) is 4. The summed E-state index contributed by atoms with van der Waals surface area (Å²) >= 11 is 3.13. The van der Waals surface area contributed by atoms with Crippen LogP contribution in [0.25, 0.3) is 0 Å². The maximum atomic E-state index is 9.30. The number of nitrogens with one attached hydrogen (secondary N) is 2. The van der Waals surface area contributed by atoms with E-state index in [1.807, 2.05) is 42.0 Å². The molecule has 1 aromatic heterocycles. The van der Waals surface area contributed by atoms with Gasteiger partial charge in [-0.05, 0) is 41.5 Å². The van der Waals surface area contributed by atoms with Gasteiger partial charge in [0.25, 0.3) is 0 Å². The van der Waals surface area contributed by atoms with Crippen LogP contribution in [0.2, 0.25) is 0 Å². The number of anilines is 1. The Bertz CT molecular complexity index is 538. The molecule has 0 unspecified atom stereocenters. The highest BCUT2D eigenvalue weighted by Gasteiger charge is 2.05. The number of thioether (sulfide) groups is 1. The van der Waals surface area contributed by atoms with Crippen molar-refractivity contribution in [2.24, 2.45) is 0 Å². The molecule has 1 aromatic carbocycles. The van der Waals surface area contributed by atoms with Crippen molar-refractivity contribution >= 4 is 34.6 Å². The van der Waals surface area contributed by atoms with Crippen molar-refractivity contribution in [3.05, 3.63) is 46.2 Å². The van der Waals surface area contributed by atoms with Crippen LogP contribution in [-0.2, 0) is 6.61 Å². The fraction of sp³-hybridized carbons (Fsp3) is 0.154. The van der Waals surface area contributed by atoms with E-state index in [0.717, 1.165) is 21.0 Å². The normalized spacial score (nSPS) is 10.3. The average molecular weight is 278 g/mol. The highest BCUT2D eigenvalue weighted by molar-refractivity contribution is 7.98. The summed E-state index contributed by atoms with van der Waals surface area (Å²) in [7, 11) is 0. The van der Waals surface area contributed by atoms with Crippen LogP contribution in [0.1, 0.15) is 10.4 Å². The molecule has 3 nitrogen and oxygen atoms in total. The largest absolute Gasteiger partial charge is 0.392 e. The summed E-state index contributed by atoms with van der Waals surface area (Å²) in [5, 5.41) is 22.2. The van der Waals surface area contributed by atoms with Gasteiger partial charge in [0.05, 0.1) is 11.5 Å². The molecule has 0 saturated carbocycles. The number of benzene rings is 1. The molecule has 1 heterocycles. The molecule has 0 fully saturated rings. The highest BCUT2D eigenvalue weighted by Crippen LogP contribution is 2.24. The predicted molar refractivity (Wildman–Crippen MR) is 78.9 cm³/mol. The average Bonchev–Trinajstić information content (AvgIpc) is 2.92. The quantitative estimate of drug-likeness (QED) is 0.456. The van der Waals surface area contributed by atoms with E-state index in [4.69, 9.17) is 5.41 Å². The molecule has 0 amide bonds. The van der Waals surface area contributed by atoms with Gasteiger partial charge in [-0.25, -0.2) is 0 Å². The van der Waals surface area contributed by atoms with Crippen LogP contribution in [0, 0.1) is 5.41 Å². The second kappa shape index (κ2) is 6.04. The lowest BCUT2D eigenvalue weighted by atomic mass is 10.2. The molecule has 94 valence electrons. The molecule has 0 aliphatic heterocycles. The Balaban J connectivity index is 2.17. The van der Waals surface area contributed by atoms with Gasteiger partial charge in [0.2, 0.25) is 0 Å². The molecule has 0 bridgehead atoms. The Morgan fingerprint density at radius 3 is 2.89 bits per heavy atom. The third-order valence-corrected chi connectivity index (χ3v) is 4.21. The second-order valence-electron chi connectivity index (χ2n) is 3.66. The highest BCUT2D eigenvalue weighted by atomic mass is 32.2. The zero-order valence-corrected chi connectivity index (χ0v) is 11.6. The third kappa shape index (κ3) is 2.93. The van der Waals surface area contributed by atoms with Crippen LogP contribution in [-0.4, -0.2) is 17.2 Å². The Morgan fingerprint density at radius 1 is 1.44 bits per heavy atom. The Morgan fingerprint density at radius 2 is 2.28 bits per heavy atom. The lowest BCUT2D eigenvalue weighted by Gasteiger charge is -2.10. The number of amidine groups is 1. The van der Waals surface area contributed by atoms with Crippen LogP contribution in [0.3, 0.4) is 0 Å². The standard InChI is InChI=1S/C13H14N2OS2/c1-17-11-5-4-10(7-9(11)8-16)15-13(14)12-3-2-6-18-12/h2-7,16H,8H2,1H3,(H2,14,15). The number of hydrogen-bond donors (Lipinski definition) is 3. The number of aliphatic hydroxyl groups is 1. The first-order chi connectivity index (χ1) is 8.74. The molecule has 0 aliphatic carbocycles. The molecule has 0 radical (unpaired) electrons. The van der Waals surface area contributed by atoms with Crippen LogP contribution in [0.5, 0.6) is 0 Å².